The second-order valence-corrected chi connectivity index (χ2v) is 5.12. The number of hydrogen-bond acceptors (Lipinski definition) is 1. The fourth-order valence-electron chi connectivity index (χ4n) is 1.47. The van der Waals surface area contributed by atoms with Crippen molar-refractivity contribution in [3.05, 3.63) is 35.9 Å². The van der Waals surface area contributed by atoms with Crippen LogP contribution in [0.3, 0.4) is 0 Å². The van der Waals surface area contributed by atoms with Gasteiger partial charge < -0.3 is 0 Å². The highest BCUT2D eigenvalue weighted by atomic mass is 79.9. The van der Waals surface area contributed by atoms with Crippen molar-refractivity contribution < 1.29 is 0 Å². The molecule has 0 aliphatic carbocycles. The summed E-state index contributed by atoms with van der Waals surface area (Å²) in [6.07, 6.45) is 4.68. The summed E-state index contributed by atoms with van der Waals surface area (Å²) in [6.45, 7) is 0. The molecule has 0 saturated carbocycles. The van der Waals surface area contributed by atoms with Gasteiger partial charge in [0.05, 0.1) is 0 Å². The SMILES string of the molecule is CSCCC(CBr)Cc1ccccc1. The van der Waals surface area contributed by atoms with Gasteiger partial charge in [-0.25, -0.2) is 0 Å². The van der Waals surface area contributed by atoms with Crippen molar-refractivity contribution in [2.75, 3.05) is 17.3 Å². The summed E-state index contributed by atoms with van der Waals surface area (Å²) in [6, 6.07) is 10.8. The van der Waals surface area contributed by atoms with Crippen LogP contribution in [-0.4, -0.2) is 17.3 Å². The molecule has 78 valence electrons. The normalized spacial score (nSPS) is 12.7. The number of rotatable bonds is 6. The predicted molar refractivity (Wildman–Crippen MR) is 70.4 cm³/mol. The van der Waals surface area contributed by atoms with Crippen molar-refractivity contribution in [1.82, 2.24) is 0 Å². The van der Waals surface area contributed by atoms with Gasteiger partial charge in [-0.1, -0.05) is 46.3 Å². The van der Waals surface area contributed by atoms with Gasteiger partial charge in [0.2, 0.25) is 0 Å². The van der Waals surface area contributed by atoms with Gasteiger partial charge in [0.1, 0.15) is 0 Å². The van der Waals surface area contributed by atoms with Gasteiger partial charge in [0.25, 0.3) is 0 Å². The fourth-order valence-corrected chi connectivity index (χ4v) is 2.59. The standard InChI is InChI=1S/C12H17BrS/c1-14-8-7-12(10-13)9-11-5-3-2-4-6-11/h2-6,12H,7-10H2,1H3. The molecular weight excluding hydrogens is 256 g/mol. The molecule has 1 unspecified atom stereocenters. The molecule has 0 heterocycles. The van der Waals surface area contributed by atoms with Gasteiger partial charge in [-0.05, 0) is 36.3 Å². The Morgan fingerprint density at radius 3 is 2.57 bits per heavy atom. The molecule has 0 N–H and O–H groups in total. The molecule has 0 amide bonds. The van der Waals surface area contributed by atoms with Crippen molar-refractivity contribution in [2.24, 2.45) is 5.92 Å². The monoisotopic (exact) mass is 272 g/mol. The molecule has 0 aliphatic heterocycles. The highest BCUT2D eigenvalue weighted by Crippen LogP contribution is 2.16. The lowest BCUT2D eigenvalue weighted by molar-refractivity contribution is 0.579. The second-order valence-electron chi connectivity index (χ2n) is 3.49. The van der Waals surface area contributed by atoms with Crippen molar-refractivity contribution in [2.45, 2.75) is 12.8 Å². The summed E-state index contributed by atoms with van der Waals surface area (Å²) in [5.74, 6) is 2.05. The minimum Gasteiger partial charge on any atom is -0.165 e. The second kappa shape index (κ2) is 7.36. The molecule has 0 radical (unpaired) electrons. The van der Waals surface area contributed by atoms with Crippen LogP contribution in [-0.2, 0) is 6.42 Å². The largest absolute Gasteiger partial charge is 0.165 e. The van der Waals surface area contributed by atoms with E-state index < -0.39 is 0 Å². The molecule has 1 rings (SSSR count). The molecule has 14 heavy (non-hydrogen) atoms. The average molecular weight is 273 g/mol. The zero-order chi connectivity index (χ0) is 10.2. The molecule has 0 bridgehead atoms. The first-order valence-corrected chi connectivity index (χ1v) is 7.47. The van der Waals surface area contributed by atoms with Crippen LogP contribution >= 0.6 is 27.7 Å². The Morgan fingerprint density at radius 2 is 2.00 bits per heavy atom. The topological polar surface area (TPSA) is 0 Å². The molecular formula is C12H17BrS. The summed E-state index contributed by atoms with van der Waals surface area (Å²) in [7, 11) is 0. The van der Waals surface area contributed by atoms with E-state index in [4.69, 9.17) is 0 Å². The molecule has 1 atom stereocenters. The van der Waals surface area contributed by atoms with E-state index >= 15 is 0 Å². The van der Waals surface area contributed by atoms with Crippen LogP contribution in [0.5, 0.6) is 0 Å². The lowest BCUT2D eigenvalue weighted by Gasteiger charge is -2.12. The van der Waals surface area contributed by atoms with E-state index in [1.54, 1.807) is 0 Å². The molecule has 0 fully saturated rings. The summed E-state index contributed by atoms with van der Waals surface area (Å²) in [4.78, 5) is 0. The molecule has 0 nitrogen and oxygen atoms in total. The van der Waals surface area contributed by atoms with E-state index in [2.05, 4.69) is 52.5 Å². The number of halogens is 1. The van der Waals surface area contributed by atoms with E-state index in [0.29, 0.717) is 0 Å². The van der Waals surface area contributed by atoms with Crippen LogP contribution < -0.4 is 0 Å². The highest BCUT2D eigenvalue weighted by Gasteiger charge is 2.07. The molecule has 1 aromatic rings. The van der Waals surface area contributed by atoms with Crippen LogP contribution in [0.25, 0.3) is 0 Å². The van der Waals surface area contributed by atoms with E-state index in [9.17, 15) is 0 Å². The Bertz CT molecular complexity index is 235. The smallest absolute Gasteiger partial charge is 0.00631 e. The maximum atomic E-state index is 3.59. The van der Waals surface area contributed by atoms with Crippen molar-refractivity contribution in [3.8, 4) is 0 Å². The zero-order valence-electron chi connectivity index (χ0n) is 8.58. The van der Waals surface area contributed by atoms with Gasteiger partial charge in [-0.15, -0.1) is 0 Å². The third kappa shape index (κ3) is 4.52. The zero-order valence-corrected chi connectivity index (χ0v) is 11.0. The van der Waals surface area contributed by atoms with Crippen molar-refractivity contribution in [1.29, 1.82) is 0 Å². The Labute approximate surface area is 99.6 Å². The Morgan fingerprint density at radius 1 is 1.29 bits per heavy atom. The van der Waals surface area contributed by atoms with Crippen LogP contribution in [0.4, 0.5) is 0 Å². The predicted octanol–water partition coefficient (Wildman–Crippen LogP) is 3.99. The Hall–Kier alpha value is 0.0500. The molecule has 0 aliphatic rings. The maximum absolute atomic E-state index is 3.59. The summed E-state index contributed by atoms with van der Waals surface area (Å²) >= 11 is 5.53. The third-order valence-corrected chi connectivity index (χ3v) is 3.88. The number of alkyl halides is 1. The van der Waals surface area contributed by atoms with Crippen LogP contribution in [0.1, 0.15) is 12.0 Å². The first-order valence-electron chi connectivity index (χ1n) is 4.95. The number of benzene rings is 1. The first kappa shape index (κ1) is 12.1. The van der Waals surface area contributed by atoms with Crippen molar-refractivity contribution in [3.63, 3.8) is 0 Å². The van der Waals surface area contributed by atoms with Crippen LogP contribution in [0.2, 0.25) is 0 Å². The number of thioether (sulfide) groups is 1. The molecule has 2 heteroatoms. The lowest BCUT2D eigenvalue weighted by Crippen LogP contribution is -2.07. The van der Waals surface area contributed by atoms with Gasteiger partial charge in [0.15, 0.2) is 0 Å². The molecule has 0 spiro atoms. The number of hydrogen-bond donors (Lipinski definition) is 0. The lowest BCUT2D eigenvalue weighted by atomic mass is 9.99. The van der Waals surface area contributed by atoms with Gasteiger partial charge in [-0.2, -0.15) is 11.8 Å². The summed E-state index contributed by atoms with van der Waals surface area (Å²) in [5.41, 5.74) is 1.46. The molecule has 1 aromatic carbocycles. The summed E-state index contributed by atoms with van der Waals surface area (Å²) in [5, 5.41) is 1.11. The minimum atomic E-state index is 0.782. The summed E-state index contributed by atoms with van der Waals surface area (Å²) < 4.78 is 0. The highest BCUT2D eigenvalue weighted by molar-refractivity contribution is 9.09. The quantitative estimate of drug-likeness (QED) is 0.706. The fraction of sp³-hybridized carbons (Fsp3) is 0.500. The molecule has 0 saturated heterocycles. The third-order valence-electron chi connectivity index (χ3n) is 2.32. The van der Waals surface area contributed by atoms with E-state index in [0.717, 1.165) is 11.2 Å². The van der Waals surface area contributed by atoms with Crippen LogP contribution in [0.15, 0.2) is 30.3 Å². The van der Waals surface area contributed by atoms with E-state index in [1.807, 2.05) is 11.8 Å². The Balaban J connectivity index is 2.40. The maximum Gasteiger partial charge on any atom is 0.00631 e. The van der Waals surface area contributed by atoms with Gasteiger partial charge in [0, 0.05) is 5.33 Å². The van der Waals surface area contributed by atoms with Crippen LogP contribution in [0, 0.1) is 5.92 Å². The van der Waals surface area contributed by atoms with Gasteiger partial charge in [-0.3, -0.25) is 0 Å². The van der Waals surface area contributed by atoms with Gasteiger partial charge >= 0.3 is 0 Å². The minimum absolute atomic E-state index is 0.782. The van der Waals surface area contributed by atoms with E-state index in [-0.39, 0.29) is 0 Å². The molecule has 0 aromatic heterocycles. The average Bonchev–Trinajstić information content (AvgIpc) is 2.25. The van der Waals surface area contributed by atoms with E-state index in [1.165, 1.54) is 24.2 Å². The Kier molecular flexibility index (Phi) is 6.37. The van der Waals surface area contributed by atoms with Crippen molar-refractivity contribution >= 4 is 27.7 Å². The first-order chi connectivity index (χ1) is 6.86.